The van der Waals surface area contributed by atoms with E-state index >= 15 is 0 Å². The van der Waals surface area contributed by atoms with Crippen molar-refractivity contribution in [1.29, 1.82) is 0 Å². The minimum Gasteiger partial charge on any atom is -0.423 e. The van der Waals surface area contributed by atoms with Gasteiger partial charge >= 0.3 is 5.63 Å². The number of aryl methyl sites for hydroxylation is 2. The van der Waals surface area contributed by atoms with Gasteiger partial charge in [-0.25, -0.2) is 4.79 Å². The molecule has 0 atom stereocenters. The van der Waals surface area contributed by atoms with Gasteiger partial charge in [0.25, 0.3) is 0 Å². The summed E-state index contributed by atoms with van der Waals surface area (Å²) in [7, 11) is 0. The molecule has 2 aromatic rings. The molecule has 0 unspecified atom stereocenters. The Kier molecular flexibility index (Phi) is 3.67. The normalized spacial score (nSPS) is 9.60. The van der Waals surface area contributed by atoms with Crippen molar-refractivity contribution in [2.75, 3.05) is 0 Å². The Labute approximate surface area is 89.5 Å². The average Bonchev–Trinajstić information content (AvgIpc) is 2.19. The molecule has 0 aliphatic rings. The zero-order chi connectivity index (χ0) is 11.4. The second-order valence-electron chi connectivity index (χ2n) is 3.25. The van der Waals surface area contributed by atoms with Crippen molar-refractivity contribution in [3.8, 4) is 0 Å². The third kappa shape index (κ3) is 2.46. The van der Waals surface area contributed by atoms with Crippen LogP contribution in [0.5, 0.6) is 0 Å². The molecule has 0 saturated carbocycles. The lowest BCUT2D eigenvalue weighted by Gasteiger charge is -2.00. The minimum absolute atomic E-state index is 0.282. The molecule has 15 heavy (non-hydrogen) atoms. The summed E-state index contributed by atoms with van der Waals surface area (Å²) in [6.07, 6.45) is 0. The van der Waals surface area contributed by atoms with Gasteiger partial charge in [0.05, 0.1) is 0 Å². The Morgan fingerprint density at radius 2 is 1.73 bits per heavy atom. The van der Waals surface area contributed by atoms with Crippen LogP contribution in [-0.2, 0) is 0 Å². The van der Waals surface area contributed by atoms with Crippen molar-refractivity contribution in [3.05, 3.63) is 45.8 Å². The second-order valence-corrected chi connectivity index (χ2v) is 3.25. The third-order valence-electron chi connectivity index (χ3n) is 2.11. The van der Waals surface area contributed by atoms with Crippen molar-refractivity contribution in [2.24, 2.45) is 0 Å². The van der Waals surface area contributed by atoms with Gasteiger partial charge < -0.3 is 4.42 Å². The van der Waals surface area contributed by atoms with Crippen molar-refractivity contribution in [3.63, 3.8) is 0 Å². The summed E-state index contributed by atoms with van der Waals surface area (Å²) in [5.74, 6) is 0. The van der Waals surface area contributed by atoms with E-state index in [0.717, 1.165) is 16.5 Å². The number of hydrogen-bond donors (Lipinski definition) is 0. The van der Waals surface area contributed by atoms with Crippen LogP contribution in [0.3, 0.4) is 0 Å². The largest absolute Gasteiger partial charge is 0.423 e. The minimum atomic E-state index is -0.282. The summed E-state index contributed by atoms with van der Waals surface area (Å²) >= 11 is 0. The average molecular weight is 204 g/mol. The molecule has 0 spiro atoms. The van der Waals surface area contributed by atoms with E-state index in [1.165, 1.54) is 6.07 Å². The Morgan fingerprint density at radius 3 is 2.40 bits per heavy atom. The molecule has 0 amide bonds. The summed E-state index contributed by atoms with van der Waals surface area (Å²) < 4.78 is 5.07. The molecule has 2 rings (SSSR count). The fourth-order valence-corrected chi connectivity index (χ4v) is 1.43. The molecule has 0 N–H and O–H groups in total. The van der Waals surface area contributed by atoms with Gasteiger partial charge in [-0.3, -0.25) is 0 Å². The first-order valence-corrected chi connectivity index (χ1v) is 5.18. The smallest absolute Gasteiger partial charge is 0.336 e. The van der Waals surface area contributed by atoms with Gasteiger partial charge in [0.1, 0.15) is 5.58 Å². The first-order valence-electron chi connectivity index (χ1n) is 5.18. The van der Waals surface area contributed by atoms with Crippen molar-refractivity contribution >= 4 is 11.0 Å². The van der Waals surface area contributed by atoms with Gasteiger partial charge in [0.15, 0.2) is 0 Å². The second kappa shape index (κ2) is 4.78. The molecule has 0 saturated heterocycles. The lowest BCUT2D eigenvalue weighted by Crippen LogP contribution is -1.97. The molecule has 80 valence electrons. The summed E-state index contributed by atoms with van der Waals surface area (Å²) in [5.41, 5.74) is 2.45. The highest BCUT2D eigenvalue weighted by Crippen LogP contribution is 2.16. The van der Waals surface area contributed by atoms with Crippen LogP contribution in [-0.4, -0.2) is 0 Å². The zero-order valence-electron chi connectivity index (χ0n) is 9.63. The Morgan fingerprint density at radius 1 is 1.07 bits per heavy atom. The quantitative estimate of drug-likeness (QED) is 0.615. The summed E-state index contributed by atoms with van der Waals surface area (Å²) in [5, 5.41) is 1.00. The fraction of sp³-hybridized carbons (Fsp3) is 0.308. The van der Waals surface area contributed by atoms with Crippen LogP contribution in [0.4, 0.5) is 0 Å². The van der Waals surface area contributed by atoms with E-state index in [1.807, 2.05) is 45.9 Å². The number of hydrogen-bond acceptors (Lipinski definition) is 2. The number of rotatable bonds is 0. The predicted octanol–water partition coefficient (Wildman–Crippen LogP) is 3.44. The van der Waals surface area contributed by atoms with Crippen molar-refractivity contribution in [2.45, 2.75) is 27.7 Å². The highest BCUT2D eigenvalue weighted by molar-refractivity contribution is 5.80. The molecule has 0 fully saturated rings. The third-order valence-corrected chi connectivity index (χ3v) is 2.11. The standard InChI is InChI=1S/C11H10O2.C2H6/c1-7-3-4-9-8(2)6-11(12)13-10(9)5-7;1-2/h3-6H,1-2H3;1-2H3. The molecule has 1 heterocycles. The van der Waals surface area contributed by atoms with Gasteiger partial charge in [0, 0.05) is 11.5 Å². The Bertz CT molecular complexity index is 509. The molecule has 1 aromatic heterocycles. The maximum Gasteiger partial charge on any atom is 0.336 e. The molecular formula is C13H16O2. The van der Waals surface area contributed by atoms with Crippen molar-refractivity contribution < 1.29 is 4.42 Å². The summed E-state index contributed by atoms with van der Waals surface area (Å²) in [6, 6.07) is 7.37. The summed E-state index contributed by atoms with van der Waals surface area (Å²) in [6.45, 7) is 7.89. The van der Waals surface area contributed by atoms with Crippen LogP contribution in [0.1, 0.15) is 25.0 Å². The predicted molar refractivity (Wildman–Crippen MR) is 63.3 cm³/mol. The van der Waals surface area contributed by atoms with E-state index in [4.69, 9.17) is 4.42 Å². The SMILES string of the molecule is CC.Cc1ccc2c(C)cc(=O)oc2c1. The van der Waals surface area contributed by atoms with Crippen LogP contribution in [0, 0.1) is 13.8 Å². The topological polar surface area (TPSA) is 30.2 Å². The van der Waals surface area contributed by atoms with E-state index in [0.29, 0.717) is 5.58 Å². The van der Waals surface area contributed by atoms with Gasteiger partial charge in [-0.15, -0.1) is 0 Å². The molecule has 1 aromatic carbocycles. The van der Waals surface area contributed by atoms with Gasteiger partial charge in [-0.05, 0) is 31.0 Å². The summed E-state index contributed by atoms with van der Waals surface area (Å²) in [4.78, 5) is 11.0. The fourth-order valence-electron chi connectivity index (χ4n) is 1.43. The van der Waals surface area contributed by atoms with Crippen molar-refractivity contribution in [1.82, 2.24) is 0 Å². The van der Waals surface area contributed by atoms with E-state index in [2.05, 4.69) is 0 Å². The van der Waals surface area contributed by atoms with Crippen LogP contribution in [0.2, 0.25) is 0 Å². The van der Waals surface area contributed by atoms with Gasteiger partial charge in [0.2, 0.25) is 0 Å². The van der Waals surface area contributed by atoms with Crippen LogP contribution in [0.15, 0.2) is 33.5 Å². The van der Waals surface area contributed by atoms with Crippen LogP contribution < -0.4 is 5.63 Å². The van der Waals surface area contributed by atoms with E-state index in [1.54, 1.807) is 0 Å². The number of benzene rings is 1. The van der Waals surface area contributed by atoms with Crippen LogP contribution in [0.25, 0.3) is 11.0 Å². The Hall–Kier alpha value is -1.57. The lowest BCUT2D eigenvalue weighted by atomic mass is 10.1. The molecule has 0 bridgehead atoms. The maximum absolute atomic E-state index is 11.0. The van der Waals surface area contributed by atoms with E-state index < -0.39 is 0 Å². The maximum atomic E-state index is 11.0. The highest BCUT2D eigenvalue weighted by atomic mass is 16.4. The lowest BCUT2D eigenvalue weighted by molar-refractivity contribution is 0.559. The molecule has 0 aliphatic heterocycles. The molecule has 0 radical (unpaired) electrons. The van der Waals surface area contributed by atoms with Gasteiger partial charge in [-0.1, -0.05) is 26.0 Å². The molecule has 2 nitrogen and oxygen atoms in total. The molecular weight excluding hydrogens is 188 g/mol. The first kappa shape index (κ1) is 11.5. The molecule has 2 heteroatoms. The Balaban J connectivity index is 0.000000531. The first-order chi connectivity index (χ1) is 7.16. The number of fused-ring (bicyclic) bond motifs is 1. The highest BCUT2D eigenvalue weighted by Gasteiger charge is 2.00. The zero-order valence-corrected chi connectivity index (χ0v) is 9.63. The van der Waals surface area contributed by atoms with Crippen LogP contribution >= 0.6 is 0 Å². The monoisotopic (exact) mass is 204 g/mol. The van der Waals surface area contributed by atoms with E-state index in [-0.39, 0.29) is 5.63 Å². The molecule has 0 aliphatic carbocycles. The van der Waals surface area contributed by atoms with Gasteiger partial charge in [-0.2, -0.15) is 0 Å². The van der Waals surface area contributed by atoms with E-state index in [9.17, 15) is 4.79 Å².